The first kappa shape index (κ1) is 8.68. The van der Waals surface area contributed by atoms with Crippen LogP contribution in [0, 0.1) is 5.82 Å². The molecule has 2 aromatic rings. The van der Waals surface area contributed by atoms with E-state index in [9.17, 15) is 4.39 Å². The third kappa shape index (κ3) is 1.44. The molecule has 0 aromatic carbocycles. The van der Waals surface area contributed by atoms with Crippen LogP contribution in [0.5, 0.6) is 5.88 Å². The van der Waals surface area contributed by atoms with Crippen molar-refractivity contribution in [1.29, 1.82) is 0 Å². The second kappa shape index (κ2) is 3.45. The fraction of sp³-hybridized carbons (Fsp3) is 0.111. The molecule has 14 heavy (non-hydrogen) atoms. The van der Waals surface area contributed by atoms with E-state index >= 15 is 0 Å². The standard InChI is InChI=1S/C9H8FN3O/c1-14-8-4-6(7(10)5-13-8)9-11-2-3-12-9/h2-5H,1H3,(H,11,12). The van der Waals surface area contributed by atoms with E-state index in [0.717, 1.165) is 6.20 Å². The number of pyridine rings is 1. The second-order valence-corrected chi connectivity index (χ2v) is 2.64. The molecule has 0 aliphatic rings. The maximum Gasteiger partial charge on any atom is 0.213 e. The summed E-state index contributed by atoms with van der Waals surface area (Å²) in [6.07, 6.45) is 4.29. The van der Waals surface area contributed by atoms with Crippen molar-refractivity contribution in [2.75, 3.05) is 7.11 Å². The third-order valence-corrected chi connectivity index (χ3v) is 1.79. The summed E-state index contributed by atoms with van der Waals surface area (Å²) in [4.78, 5) is 10.5. The molecule has 0 fully saturated rings. The molecule has 1 N–H and O–H groups in total. The number of ether oxygens (including phenoxy) is 1. The van der Waals surface area contributed by atoms with E-state index in [0.29, 0.717) is 17.3 Å². The van der Waals surface area contributed by atoms with Gasteiger partial charge in [-0.05, 0) is 0 Å². The molecule has 72 valence electrons. The number of halogens is 1. The highest BCUT2D eigenvalue weighted by atomic mass is 19.1. The number of nitrogens with zero attached hydrogens (tertiary/aromatic N) is 2. The average Bonchev–Trinajstić information content (AvgIpc) is 2.71. The number of rotatable bonds is 2. The number of aromatic amines is 1. The SMILES string of the molecule is COc1cc(-c2ncc[nH]2)c(F)cn1. The molecule has 0 spiro atoms. The Bertz CT molecular complexity index is 428. The lowest BCUT2D eigenvalue weighted by molar-refractivity contribution is 0.396. The Hall–Kier alpha value is -1.91. The minimum atomic E-state index is -0.430. The Morgan fingerprint density at radius 3 is 2.93 bits per heavy atom. The van der Waals surface area contributed by atoms with Crippen LogP contribution < -0.4 is 4.74 Å². The number of hydrogen-bond acceptors (Lipinski definition) is 3. The van der Waals surface area contributed by atoms with Gasteiger partial charge in [0.2, 0.25) is 5.88 Å². The molecule has 0 aliphatic carbocycles. The van der Waals surface area contributed by atoms with Crippen molar-refractivity contribution in [3.63, 3.8) is 0 Å². The summed E-state index contributed by atoms with van der Waals surface area (Å²) in [5.41, 5.74) is 0.349. The van der Waals surface area contributed by atoms with Crippen LogP contribution in [-0.2, 0) is 0 Å². The molecule has 0 saturated carbocycles. The van der Waals surface area contributed by atoms with Crippen LogP contribution in [0.2, 0.25) is 0 Å². The van der Waals surface area contributed by atoms with Crippen molar-refractivity contribution < 1.29 is 9.13 Å². The quantitative estimate of drug-likeness (QED) is 0.788. The molecule has 0 amide bonds. The predicted octanol–water partition coefficient (Wildman–Crippen LogP) is 1.62. The first-order valence-corrected chi connectivity index (χ1v) is 4.00. The molecule has 4 nitrogen and oxygen atoms in total. The second-order valence-electron chi connectivity index (χ2n) is 2.64. The van der Waals surface area contributed by atoms with E-state index in [4.69, 9.17) is 4.74 Å². The van der Waals surface area contributed by atoms with Crippen molar-refractivity contribution in [2.45, 2.75) is 0 Å². The van der Waals surface area contributed by atoms with Crippen LogP contribution in [0.3, 0.4) is 0 Å². The Morgan fingerprint density at radius 2 is 2.29 bits per heavy atom. The third-order valence-electron chi connectivity index (χ3n) is 1.79. The molecular weight excluding hydrogens is 185 g/mol. The molecular formula is C9H8FN3O. The normalized spacial score (nSPS) is 10.1. The molecule has 5 heteroatoms. The summed E-state index contributed by atoms with van der Waals surface area (Å²) in [5.74, 6) is 0.391. The summed E-state index contributed by atoms with van der Waals surface area (Å²) >= 11 is 0. The van der Waals surface area contributed by atoms with Crippen LogP contribution in [-0.4, -0.2) is 22.1 Å². The van der Waals surface area contributed by atoms with Crippen LogP contribution in [0.15, 0.2) is 24.7 Å². The first-order chi connectivity index (χ1) is 6.81. The maximum atomic E-state index is 13.3. The number of methoxy groups -OCH3 is 1. The summed E-state index contributed by atoms with van der Waals surface area (Å²) in [7, 11) is 1.48. The van der Waals surface area contributed by atoms with Gasteiger partial charge in [-0.1, -0.05) is 0 Å². The van der Waals surface area contributed by atoms with Gasteiger partial charge in [-0.3, -0.25) is 0 Å². The first-order valence-electron chi connectivity index (χ1n) is 4.00. The summed E-state index contributed by atoms with van der Waals surface area (Å²) in [6, 6.07) is 1.49. The molecule has 0 aliphatic heterocycles. The van der Waals surface area contributed by atoms with Crippen molar-refractivity contribution in [3.05, 3.63) is 30.5 Å². The van der Waals surface area contributed by atoms with Gasteiger partial charge in [-0.2, -0.15) is 0 Å². The number of hydrogen-bond donors (Lipinski definition) is 1. The highest BCUT2D eigenvalue weighted by molar-refractivity contribution is 5.56. The summed E-state index contributed by atoms with van der Waals surface area (Å²) in [5, 5.41) is 0. The van der Waals surface area contributed by atoms with E-state index in [1.807, 2.05) is 0 Å². The Kier molecular flexibility index (Phi) is 2.14. The zero-order valence-corrected chi connectivity index (χ0v) is 7.49. The summed E-state index contributed by atoms with van der Waals surface area (Å²) in [6.45, 7) is 0. The Balaban J connectivity index is 2.51. The lowest BCUT2D eigenvalue weighted by atomic mass is 10.2. The number of imidazole rings is 1. The summed E-state index contributed by atoms with van der Waals surface area (Å²) < 4.78 is 18.2. The van der Waals surface area contributed by atoms with Crippen molar-refractivity contribution in [3.8, 4) is 17.3 Å². The van der Waals surface area contributed by atoms with Gasteiger partial charge in [0.05, 0.1) is 18.9 Å². The fourth-order valence-corrected chi connectivity index (χ4v) is 1.13. The minimum absolute atomic E-state index is 0.349. The van der Waals surface area contributed by atoms with Crippen molar-refractivity contribution >= 4 is 0 Å². The van der Waals surface area contributed by atoms with Crippen molar-refractivity contribution in [1.82, 2.24) is 15.0 Å². The highest BCUT2D eigenvalue weighted by Crippen LogP contribution is 2.21. The molecule has 0 radical (unpaired) electrons. The lowest BCUT2D eigenvalue weighted by Gasteiger charge is -2.02. The molecule has 0 bridgehead atoms. The van der Waals surface area contributed by atoms with E-state index in [1.165, 1.54) is 13.2 Å². The molecule has 0 atom stereocenters. The van der Waals surface area contributed by atoms with Gasteiger partial charge < -0.3 is 9.72 Å². The van der Waals surface area contributed by atoms with Crippen LogP contribution in [0.25, 0.3) is 11.4 Å². The van der Waals surface area contributed by atoms with Crippen LogP contribution >= 0.6 is 0 Å². The van der Waals surface area contributed by atoms with Gasteiger partial charge in [0, 0.05) is 18.5 Å². The van der Waals surface area contributed by atoms with Gasteiger partial charge >= 0.3 is 0 Å². The molecule has 0 unspecified atom stereocenters. The maximum absolute atomic E-state index is 13.3. The fourth-order valence-electron chi connectivity index (χ4n) is 1.13. The van der Waals surface area contributed by atoms with E-state index < -0.39 is 5.82 Å². The molecule has 2 rings (SSSR count). The van der Waals surface area contributed by atoms with E-state index in [2.05, 4.69) is 15.0 Å². The lowest BCUT2D eigenvalue weighted by Crippen LogP contribution is -1.92. The molecule has 0 saturated heterocycles. The average molecular weight is 193 g/mol. The predicted molar refractivity (Wildman–Crippen MR) is 48.3 cm³/mol. The van der Waals surface area contributed by atoms with E-state index in [1.54, 1.807) is 12.4 Å². The zero-order chi connectivity index (χ0) is 9.97. The van der Waals surface area contributed by atoms with Gasteiger partial charge in [-0.15, -0.1) is 0 Å². The topological polar surface area (TPSA) is 50.8 Å². The monoisotopic (exact) mass is 193 g/mol. The Labute approximate surface area is 79.8 Å². The van der Waals surface area contributed by atoms with E-state index in [-0.39, 0.29) is 0 Å². The molecule has 2 heterocycles. The molecule has 2 aromatic heterocycles. The largest absolute Gasteiger partial charge is 0.481 e. The van der Waals surface area contributed by atoms with Crippen molar-refractivity contribution in [2.24, 2.45) is 0 Å². The number of H-pyrrole nitrogens is 1. The Morgan fingerprint density at radius 1 is 1.43 bits per heavy atom. The van der Waals surface area contributed by atoms with Crippen LogP contribution in [0.1, 0.15) is 0 Å². The van der Waals surface area contributed by atoms with Gasteiger partial charge in [-0.25, -0.2) is 14.4 Å². The highest BCUT2D eigenvalue weighted by Gasteiger charge is 2.09. The number of aromatic nitrogens is 3. The number of nitrogens with one attached hydrogen (secondary N) is 1. The van der Waals surface area contributed by atoms with Gasteiger partial charge in [0.1, 0.15) is 5.82 Å². The zero-order valence-electron chi connectivity index (χ0n) is 7.49. The van der Waals surface area contributed by atoms with Gasteiger partial charge in [0.25, 0.3) is 0 Å². The minimum Gasteiger partial charge on any atom is -0.481 e. The van der Waals surface area contributed by atoms with Gasteiger partial charge in [0.15, 0.2) is 5.82 Å². The smallest absolute Gasteiger partial charge is 0.213 e. The van der Waals surface area contributed by atoms with Crippen LogP contribution in [0.4, 0.5) is 4.39 Å².